The van der Waals surface area contributed by atoms with Gasteiger partial charge in [0.2, 0.25) is 5.91 Å². The summed E-state index contributed by atoms with van der Waals surface area (Å²) in [5.74, 6) is 3.34. The highest BCUT2D eigenvalue weighted by molar-refractivity contribution is 5.86. The summed E-state index contributed by atoms with van der Waals surface area (Å²) < 4.78 is 0. The van der Waals surface area contributed by atoms with Gasteiger partial charge in [-0.05, 0) is 31.6 Å². The lowest BCUT2D eigenvalue weighted by Gasteiger charge is -2.36. The molecule has 3 nitrogen and oxygen atoms in total. The molecule has 2 saturated carbocycles. The van der Waals surface area contributed by atoms with Gasteiger partial charge in [0.15, 0.2) is 0 Å². The van der Waals surface area contributed by atoms with Crippen LogP contribution in [-0.4, -0.2) is 29.4 Å². The zero-order chi connectivity index (χ0) is 12.3. The van der Waals surface area contributed by atoms with E-state index < -0.39 is 5.54 Å². The third-order valence-electron chi connectivity index (χ3n) is 3.92. The Morgan fingerprint density at radius 1 is 1.35 bits per heavy atom. The molecule has 0 aromatic heterocycles. The SMILES string of the molecule is C#CCN(CC1CC1)C(=O)C1(N)CCCCC1. The van der Waals surface area contributed by atoms with Gasteiger partial charge in [0, 0.05) is 6.54 Å². The lowest BCUT2D eigenvalue weighted by molar-refractivity contribution is -0.137. The Morgan fingerprint density at radius 3 is 2.53 bits per heavy atom. The van der Waals surface area contributed by atoms with Crippen molar-refractivity contribution < 1.29 is 4.79 Å². The van der Waals surface area contributed by atoms with E-state index in [-0.39, 0.29) is 5.91 Å². The first-order valence-corrected chi connectivity index (χ1v) is 6.67. The van der Waals surface area contributed by atoms with E-state index in [0.29, 0.717) is 12.5 Å². The van der Waals surface area contributed by atoms with Crippen LogP contribution in [0.1, 0.15) is 44.9 Å². The van der Waals surface area contributed by atoms with Crippen molar-refractivity contribution >= 4 is 5.91 Å². The summed E-state index contributed by atoms with van der Waals surface area (Å²) in [6.45, 7) is 1.22. The number of hydrogen-bond donors (Lipinski definition) is 1. The third-order valence-corrected chi connectivity index (χ3v) is 3.92. The van der Waals surface area contributed by atoms with Crippen molar-refractivity contribution in [3.63, 3.8) is 0 Å². The summed E-state index contributed by atoms with van der Waals surface area (Å²) in [5.41, 5.74) is 5.64. The van der Waals surface area contributed by atoms with E-state index in [1.165, 1.54) is 19.3 Å². The number of hydrogen-bond acceptors (Lipinski definition) is 2. The quantitative estimate of drug-likeness (QED) is 0.750. The molecular formula is C14H22N2O. The molecule has 0 heterocycles. The van der Waals surface area contributed by atoms with Gasteiger partial charge < -0.3 is 10.6 Å². The summed E-state index contributed by atoms with van der Waals surface area (Å²) in [6, 6.07) is 0. The van der Waals surface area contributed by atoms with Crippen LogP contribution < -0.4 is 5.73 Å². The topological polar surface area (TPSA) is 46.3 Å². The Bertz CT molecular complexity index is 322. The van der Waals surface area contributed by atoms with Gasteiger partial charge in [-0.1, -0.05) is 25.2 Å². The van der Waals surface area contributed by atoms with Gasteiger partial charge in [0.1, 0.15) is 0 Å². The van der Waals surface area contributed by atoms with E-state index in [0.717, 1.165) is 32.2 Å². The van der Waals surface area contributed by atoms with Crippen LogP contribution in [0.5, 0.6) is 0 Å². The van der Waals surface area contributed by atoms with Gasteiger partial charge in [-0.2, -0.15) is 0 Å². The van der Waals surface area contributed by atoms with Crippen LogP contribution in [0.15, 0.2) is 0 Å². The molecule has 2 aliphatic carbocycles. The maximum absolute atomic E-state index is 12.5. The first kappa shape index (κ1) is 12.4. The number of carbonyl (C=O) groups is 1. The Kier molecular flexibility index (Phi) is 3.73. The summed E-state index contributed by atoms with van der Waals surface area (Å²) in [7, 11) is 0. The van der Waals surface area contributed by atoms with Crippen molar-refractivity contribution in [3.8, 4) is 12.3 Å². The van der Waals surface area contributed by atoms with Crippen molar-refractivity contribution in [3.05, 3.63) is 0 Å². The van der Waals surface area contributed by atoms with Gasteiger partial charge in [-0.25, -0.2) is 0 Å². The Morgan fingerprint density at radius 2 is 2.00 bits per heavy atom. The molecule has 0 spiro atoms. The van der Waals surface area contributed by atoms with Crippen molar-refractivity contribution in [1.29, 1.82) is 0 Å². The average molecular weight is 234 g/mol. The van der Waals surface area contributed by atoms with Crippen LogP contribution in [-0.2, 0) is 4.79 Å². The van der Waals surface area contributed by atoms with Crippen molar-refractivity contribution in [2.24, 2.45) is 11.7 Å². The van der Waals surface area contributed by atoms with E-state index in [1.807, 2.05) is 4.90 Å². The minimum absolute atomic E-state index is 0.0852. The highest BCUT2D eigenvalue weighted by Gasteiger charge is 2.39. The molecule has 2 aliphatic rings. The standard InChI is InChI=1S/C14H22N2O/c1-2-10-16(11-12-6-7-12)13(17)14(15)8-4-3-5-9-14/h1,12H,3-11,15H2. The molecule has 3 heteroatoms. The third kappa shape index (κ3) is 3.01. The predicted molar refractivity (Wildman–Crippen MR) is 68.1 cm³/mol. The number of rotatable bonds is 4. The fourth-order valence-corrected chi connectivity index (χ4v) is 2.65. The van der Waals surface area contributed by atoms with Crippen molar-refractivity contribution in [2.75, 3.05) is 13.1 Å². The van der Waals surface area contributed by atoms with Crippen molar-refractivity contribution in [2.45, 2.75) is 50.5 Å². The van der Waals surface area contributed by atoms with Crippen LogP contribution in [0.4, 0.5) is 0 Å². The lowest BCUT2D eigenvalue weighted by atomic mass is 9.81. The molecule has 0 bridgehead atoms. The minimum Gasteiger partial charge on any atom is -0.330 e. The molecule has 0 atom stereocenters. The second-order valence-corrected chi connectivity index (χ2v) is 5.55. The molecule has 2 N–H and O–H groups in total. The highest BCUT2D eigenvalue weighted by atomic mass is 16.2. The Balaban J connectivity index is 2.00. The first-order valence-electron chi connectivity index (χ1n) is 6.67. The maximum Gasteiger partial charge on any atom is 0.243 e. The number of nitrogens with zero attached hydrogens (tertiary/aromatic N) is 1. The van der Waals surface area contributed by atoms with Crippen LogP contribution in [0.3, 0.4) is 0 Å². The van der Waals surface area contributed by atoms with Crippen molar-refractivity contribution in [1.82, 2.24) is 4.90 Å². The molecule has 2 rings (SSSR count). The molecule has 2 fully saturated rings. The van der Waals surface area contributed by atoms with Crippen LogP contribution >= 0.6 is 0 Å². The molecule has 0 saturated heterocycles. The van der Waals surface area contributed by atoms with Gasteiger partial charge >= 0.3 is 0 Å². The smallest absolute Gasteiger partial charge is 0.243 e. The zero-order valence-corrected chi connectivity index (χ0v) is 10.5. The highest BCUT2D eigenvalue weighted by Crippen LogP contribution is 2.32. The van der Waals surface area contributed by atoms with Crippen LogP contribution in [0, 0.1) is 18.3 Å². The number of amides is 1. The molecule has 0 aliphatic heterocycles. The van der Waals surface area contributed by atoms with E-state index >= 15 is 0 Å². The average Bonchev–Trinajstić information content (AvgIpc) is 3.12. The van der Waals surface area contributed by atoms with E-state index in [4.69, 9.17) is 12.2 Å². The Hall–Kier alpha value is -1.01. The molecular weight excluding hydrogens is 212 g/mol. The van der Waals surface area contributed by atoms with E-state index in [9.17, 15) is 4.79 Å². The minimum atomic E-state index is -0.635. The maximum atomic E-state index is 12.5. The number of carbonyl (C=O) groups excluding carboxylic acids is 1. The fourth-order valence-electron chi connectivity index (χ4n) is 2.65. The first-order chi connectivity index (χ1) is 8.15. The largest absolute Gasteiger partial charge is 0.330 e. The monoisotopic (exact) mass is 234 g/mol. The summed E-state index contributed by atoms with van der Waals surface area (Å²) in [6.07, 6.45) is 12.8. The van der Waals surface area contributed by atoms with Crippen LogP contribution in [0.25, 0.3) is 0 Å². The Labute approximate surface area is 104 Å². The molecule has 1 amide bonds. The number of nitrogens with two attached hydrogens (primary N) is 1. The summed E-state index contributed by atoms with van der Waals surface area (Å²) in [4.78, 5) is 14.3. The van der Waals surface area contributed by atoms with E-state index in [1.54, 1.807) is 0 Å². The second kappa shape index (κ2) is 5.10. The van der Waals surface area contributed by atoms with E-state index in [2.05, 4.69) is 5.92 Å². The zero-order valence-electron chi connectivity index (χ0n) is 10.5. The second-order valence-electron chi connectivity index (χ2n) is 5.55. The molecule has 0 aromatic rings. The van der Waals surface area contributed by atoms with Gasteiger partial charge in [-0.3, -0.25) is 4.79 Å². The molecule has 0 aromatic carbocycles. The summed E-state index contributed by atoms with van der Waals surface area (Å²) >= 11 is 0. The van der Waals surface area contributed by atoms with Gasteiger partial charge in [0.25, 0.3) is 0 Å². The molecule has 17 heavy (non-hydrogen) atoms. The molecule has 0 unspecified atom stereocenters. The molecule has 94 valence electrons. The fraction of sp³-hybridized carbons (Fsp3) is 0.786. The summed E-state index contributed by atoms with van der Waals surface area (Å²) in [5, 5.41) is 0. The van der Waals surface area contributed by atoms with Gasteiger partial charge in [0.05, 0.1) is 12.1 Å². The number of terminal acetylenes is 1. The normalized spacial score (nSPS) is 22.8. The predicted octanol–water partition coefficient (Wildman–Crippen LogP) is 1.52. The molecule has 0 radical (unpaired) electrons. The van der Waals surface area contributed by atoms with Crippen LogP contribution in [0.2, 0.25) is 0 Å². The van der Waals surface area contributed by atoms with Gasteiger partial charge in [-0.15, -0.1) is 6.42 Å². The lowest BCUT2D eigenvalue weighted by Crippen LogP contribution is -2.56.